The molecule has 130 valence electrons. The van der Waals surface area contributed by atoms with Crippen LogP contribution in [-0.2, 0) is 14.3 Å². The molecule has 0 saturated heterocycles. The number of methoxy groups -OCH3 is 1. The summed E-state index contributed by atoms with van der Waals surface area (Å²) in [7, 11) is 1.57. The van der Waals surface area contributed by atoms with Gasteiger partial charge in [-0.05, 0) is 50.5 Å². The van der Waals surface area contributed by atoms with Crippen molar-refractivity contribution in [2.24, 2.45) is 0 Å². The molecule has 0 spiro atoms. The predicted molar refractivity (Wildman–Crippen MR) is 89.9 cm³/mol. The lowest BCUT2D eigenvalue weighted by Crippen LogP contribution is -2.36. The summed E-state index contributed by atoms with van der Waals surface area (Å²) in [6.07, 6.45) is 4.07. The van der Waals surface area contributed by atoms with Gasteiger partial charge in [-0.25, -0.2) is 4.79 Å². The highest BCUT2D eigenvalue weighted by atomic mass is 16.5. The number of esters is 1. The molecule has 0 unspecified atom stereocenters. The van der Waals surface area contributed by atoms with E-state index in [0.717, 1.165) is 18.4 Å². The van der Waals surface area contributed by atoms with Crippen LogP contribution in [0.3, 0.4) is 0 Å². The topological polar surface area (TPSA) is 73.9 Å². The molecule has 0 bridgehead atoms. The third-order valence-corrected chi connectivity index (χ3v) is 3.49. The summed E-state index contributed by atoms with van der Waals surface area (Å²) in [6, 6.07) is 5.58. The highest BCUT2D eigenvalue weighted by molar-refractivity contribution is 5.90. The standard InChI is InChI=1S/C18H23NO5/c1-4-23-16-11-13(5-9-15(16)22-3)6-10-17(20)24-12(2)18(21)19-14-7-8-14/h5-6,9-12,14H,4,7-8H2,1-3H3,(H,19,21)/b10-6+/t12-/m0/s1. The van der Waals surface area contributed by atoms with Crippen molar-refractivity contribution in [2.75, 3.05) is 13.7 Å². The van der Waals surface area contributed by atoms with Gasteiger partial charge in [-0.2, -0.15) is 0 Å². The number of nitrogens with one attached hydrogen (secondary N) is 1. The van der Waals surface area contributed by atoms with Crippen LogP contribution in [0, 0.1) is 0 Å². The van der Waals surface area contributed by atoms with Gasteiger partial charge in [0.05, 0.1) is 13.7 Å². The van der Waals surface area contributed by atoms with E-state index in [-0.39, 0.29) is 11.9 Å². The molecule has 1 fully saturated rings. The molecule has 1 saturated carbocycles. The molecular formula is C18H23NO5. The van der Waals surface area contributed by atoms with E-state index in [0.29, 0.717) is 18.1 Å². The van der Waals surface area contributed by atoms with Crippen LogP contribution >= 0.6 is 0 Å². The normalized spacial score (nSPS) is 15.0. The van der Waals surface area contributed by atoms with Gasteiger partial charge >= 0.3 is 5.97 Å². The first-order valence-electron chi connectivity index (χ1n) is 8.03. The van der Waals surface area contributed by atoms with E-state index >= 15 is 0 Å². The van der Waals surface area contributed by atoms with E-state index < -0.39 is 12.1 Å². The molecule has 6 heteroatoms. The molecule has 24 heavy (non-hydrogen) atoms. The molecule has 0 aromatic heterocycles. The van der Waals surface area contributed by atoms with E-state index in [2.05, 4.69) is 5.32 Å². The third kappa shape index (κ3) is 5.30. The monoisotopic (exact) mass is 333 g/mol. The van der Waals surface area contributed by atoms with Crippen molar-refractivity contribution in [3.8, 4) is 11.5 Å². The highest BCUT2D eigenvalue weighted by Crippen LogP contribution is 2.28. The second kappa shape index (κ2) is 8.38. The first-order chi connectivity index (χ1) is 11.5. The van der Waals surface area contributed by atoms with Crippen LogP contribution in [0.15, 0.2) is 24.3 Å². The Morgan fingerprint density at radius 3 is 2.71 bits per heavy atom. The van der Waals surface area contributed by atoms with Crippen LogP contribution in [0.4, 0.5) is 0 Å². The fourth-order valence-electron chi connectivity index (χ4n) is 2.04. The Morgan fingerprint density at radius 2 is 2.08 bits per heavy atom. The maximum atomic E-state index is 11.8. The molecule has 1 aliphatic rings. The van der Waals surface area contributed by atoms with Crippen LogP contribution in [0.2, 0.25) is 0 Å². The van der Waals surface area contributed by atoms with Crippen LogP contribution in [0.5, 0.6) is 11.5 Å². The average molecular weight is 333 g/mol. The molecule has 1 N–H and O–H groups in total. The van der Waals surface area contributed by atoms with Gasteiger partial charge in [0, 0.05) is 12.1 Å². The zero-order valence-corrected chi connectivity index (χ0v) is 14.2. The molecule has 0 heterocycles. The quantitative estimate of drug-likeness (QED) is 0.584. The Kier molecular flexibility index (Phi) is 6.23. The maximum Gasteiger partial charge on any atom is 0.331 e. The van der Waals surface area contributed by atoms with Crippen molar-refractivity contribution in [3.05, 3.63) is 29.8 Å². The lowest BCUT2D eigenvalue weighted by atomic mass is 10.2. The molecule has 1 aromatic carbocycles. The van der Waals surface area contributed by atoms with Crippen molar-refractivity contribution < 1.29 is 23.8 Å². The van der Waals surface area contributed by atoms with E-state index in [9.17, 15) is 9.59 Å². The summed E-state index contributed by atoms with van der Waals surface area (Å²) in [5, 5.41) is 2.80. The zero-order chi connectivity index (χ0) is 17.5. The minimum absolute atomic E-state index is 0.241. The molecule has 0 radical (unpaired) electrons. The van der Waals surface area contributed by atoms with Crippen molar-refractivity contribution in [2.45, 2.75) is 38.8 Å². The number of hydrogen-bond donors (Lipinski definition) is 1. The number of rotatable bonds is 8. The summed E-state index contributed by atoms with van der Waals surface area (Å²) in [5.41, 5.74) is 0.770. The lowest BCUT2D eigenvalue weighted by Gasteiger charge is -2.11. The van der Waals surface area contributed by atoms with Gasteiger partial charge in [0.1, 0.15) is 0 Å². The molecule has 1 aromatic rings. The molecule has 0 aliphatic heterocycles. The van der Waals surface area contributed by atoms with E-state index in [4.69, 9.17) is 14.2 Å². The SMILES string of the molecule is CCOc1cc(/C=C/C(=O)O[C@@H](C)C(=O)NC2CC2)ccc1OC. The van der Waals surface area contributed by atoms with Gasteiger partial charge in [0.2, 0.25) is 0 Å². The van der Waals surface area contributed by atoms with Gasteiger partial charge in [0.15, 0.2) is 17.6 Å². The maximum absolute atomic E-state index is 11.8. The Bertz CT molecular complexity index is 622. The van der Waals surface area contributed by atoms with Gasteiger partial charge in [-0.1, -0.05) is 6.07 Å². The van der Waals surface area contributed by atoms with Crippen molar-refractivity contribution >= 4 is 18.0 Å². The average Bonchev–Trinajstić information content (AvgIpc) is 3.37. The van der Waals surface area contributed by atoms with Crippen LogP contribution in [0.1, 0.15) is 32.3 Å². The first kappa shape index (κ1) is 17.8. The summed E-state index contributed by atoms with van der Waals surface area (Å²) in [4.78, 5) is 23.6. The van der Waals surface area contributed by atoms with Gasteiger partial charge in [0.25, 0.3) is 5.91 Å². The Balaban J connectivity index is 1.92. The molecule has 6 nitrogen and oxygen atoms in total. The predicted octanol–water partition coefficient (Wildman–Crippen LogP) is 2.32. The largest absolute Gasteiger partial charge is 0.493 e. The van der Waals surface area contributed by atoms with Gasteiger partial charge in [-0.15, -0.1) is 0 Å². The minimum Gasteiger partial charge on any atom is -0.493 e. The number of amides is 1. The van der Waals surface area contributed by atoms with Gasteiger partial charge in [-0.3, -0.25) is 4.79 Å². The summed E-state index contributed by atoms with van der Waals surface area (Å²) < 4.78 is 15.8. The van der Waals surface area contributed by atoms with Gasteiger partial charge < -0.3 is 19.5 Å². The second-order valence-corrected chi connectivity index (χ2v) is 5.54. The minimum atomic E-state index is -0.808. The fraction of sp³-hybridized carbons (Fsp3) is 0.444. The number of benzene rings is 1. The molecule has 2 rings (SSSR count). The zero-order valence-electron chi connectivity index (χ0n) is 14.2. The van der Waals surface area contributed by atoms with Crippen LogP contribution < -0.4 is 14.8 Å². The second-order valence-electron chi connectivity index (χ2n) is 5.54. The Hall–Kier alpha value is -2.50. The molecular weight excluding hydrogens is 310 g/mol. The van der Waals surface area contributed by atoms with Crippen LogP contribution in [-0.4, -0.2) is 37.7 Å². The Labute approximate surface area is 141 Å². The van der Waals surface area contributed by atoms with Crippen LogP contribution in [0.25, 0.3) is 6.08 Å². The number of ether oxygens (including phenoxy) is 3. The van der Waals surface area contributed by atoms with Crippen molar-refractivity contribution in [1.29, 1.82) is 0 Å². The van der Waals surface area contributed by atoms with Crippen molar-refractivity contribution in [1.82, 2.24) is 5.32 Å². The summed E-state index contributed by atoms with van der Waals surface area (Å²) in [5.74, 6) is 0.402. The smallest absolute Gasteiger partial charge is 0.331 e. The van der Waals surface area contributed by atoms with E-state index in [1.54, 1.807) is 38.3 Å². The number of carbonyl (C=O) groups is 2. The molecule has 1 amide bonds. The van der Waals surface area contributed by atoms with E-state index in [1.807, 2.05) is 6.92 Å². The summed E-state index contributed by atoms with van der Waals surface area (Å²) in [6.45, 7) is 3.95. The van der Waals surface area contributed by atoms with Crippen molar-refractivity contribution in [3.63, 3.8) is 0 Å². The fourth-order valence-corrected chi connectivity index (χ4v) is 2.04. The molecule has 1 aliphatic carbocycles. The summed E-state index contributed by atoms with van der Waals surface area (Å²) >= 11 is 0. The van der Waals surface area contributed by atoms with E-state index in [1.165, 1.54) is 6.08 Å². The highest BCUT2D eigenvalue weighted by Gasteiger charge is 2.26. The lowest BCUT2D eigenvalue weighted by molar-refractivity contribution is -0.150. The molecule has 1 atom stereocenters. The number of carbonyl (C=O) groups excluding carboxylic acids is 2. The first-order valence-corrected chi connectivity index (χ1v) is 8.03. The Morgan fingerprint density at radius 1 is 1.33 bits per heavy atom. The third-order valence-electron chi connectivity index (χ3n) is 3.49. The number of hydrogen-bond acceptors (Lipinski definition) is 5.